The van der Waals surface area contributed by atoms with Gasteiger partial charge in [-0.15, -0.1) is 0 Å². The summed E-state index contributed by atoms with van der Waals surface area (Å²) in [5, 5.41) is 8.27. The molecule has 3 rings (SSSR count). The first kappa shape index (κ1) is 26.3. The number of unbranched alkanes of at least 4 members (excludes halogenated alkanes) is 1. The van der Waals surface area contributed by atoms with E-state index < -0.39 is 0 Å². The van der Waals surface area contributed by atoms with Crippen LogP contribution in [0.1, 0.15) is 56.6 Å². The van der Waals surface area contributed by atoms with Crippen LogP contribution in [0.4, 0.5) is 5.82 Å². The molecule has 0 bridgehead atoms. The predicted molar refractivity (Wildman–Crippen MR) is 140 cm³/mol. The van der Waals surface area contributed by atoms with Crippen LogP contribution in [0.5, 0.6) is 5.75 Å². The number of nitrogens with zero attached hydrogens (tertiary/aromatic N) is 3. The van der Waals surface area contributed by atoms with Gasteiger partial charge in [-0.1, -0.05) is 45.7 Å². The highest BCUT2D eigenvalue weighted by Gasteiger charge is 2.23. The second-order valence-electron chi connectivity index (χ2n) is 9.41. The van der Waals surface area contributed by atoms with E-state index in [-0.39, 0.29) is 23.8 Å². The number of hydrogen-bond donors (Lipinski definition) is 1. The van der Waals surface area contributed by atoms with Gasteiger partial charge in [0.1, 0.15) is 18.1 Å². The van der Waals surface area contributed by atoms with Gasteiger partial charge in [0.15, 0.2) is 0 Å². The lowest BCUT2D eigenvalue weighted by Crippen LogP contribution is -2.39. The Bertz CT molecular complexity index is 1150. The van der Waals surface area contributed by atoms with Crippen LogP contribution >= 0.6 is 11.6 Å². The minimum atomic E-state index is -0.293. The van der Waals surface area contributed by atoms with Crippen LogP contribution in [0.2, 0.25) is 5.02 Å². The van der Waals surface area contributed by atoms with Gasteiger partial charge >= 0.3 is 0 Å². The molecule has 2 amide bonds. The zero-order chi connectivity index (χ0) is 25.6. The van der Waals surface area contributed by atoms with Gasteiger partial charge in [-0.2, -0.15) is 5.10 Å². The molecule has 186 valence electrons. The van der Waals surface area contributed by atoms with E-state index in [2.05, 4.69) is 26.1 Å². The van der Waals surface area contributed by atoms with Gasteiger partial charge in [-0.05, 0) is 55.0 Å². The van der Waals surface area contributed by atoms with Gasteiger partial charge in [0.05, 0.1) is 18.5 Å². The minimum Gasteiger partial charge on any atom is -0.497 e. The number of anilines is 1. The van der Waals surface area contributed by atoms with E-state index in [1.165, 1.54) is 0 Å². The number of methoxy groups -OCH3 is 1. The number of amides is 2. The van der Waals surface area contributed by atoms with Crippen molar-refractivity contribution in [2.75, 3.05) is 25.5 Å². The smallest absolute Gasteiger partial charge is 0.254 e. The molecule has 1 aromatic heterocycles. The van der Waals surface area contributed by atoms with Crippen molar-refractivity contribution >= 4 is 29.2 Å². The first-order valence-electron chi connectivity index (χ1n) is 11.7. The molecule has 1 N–H and O–H groups in total. The first-order chi connectivity index (χ1) is 16.6. The van der Waals surface area contributed by atoms with Crippen LogP contribution in [0.3, 0.4) is 0 Å². The zero-order valence-corrected chi connectivity index (χ0v) is 21.7. The van der Waals surface area contributed by atoms with E-state index in [1.807, 2.05) is 37.3 Å². The van der Waals surface area contributed by atoms with E-state index in [0.29, 0.717) is 22.9 Å². The molecule has 0 radical (unpaired) electrons. The molecule has 0 aliphatic heterocycles. The normalized spacial score (nSPS) is 11.3. The zero-order valence-electron chi connectivity index (χ0n) is 21.0. The van der Waals surface area contributed by atoms with Crippen molar-refractivity contribution in [3.05, 3.63) is 70.9 Å². The Balaban J connectivity index is 1.85. The highest BCUT2D eigenvalue weighted by Crippen LogP contribution is 2.27. The van der Waals surface area contributed by atoms with Crippen LogP contribution in [-0.2, 0) is 10.2 Å². The molecular weight excluding hydrogens is 464 g/mol. The van der Waals surface area contributed by atoms with E-state index >= 15 is 0 Å². The fraction of sp³-hybridized carbons (Fsp3) is 0.370. The molecule has 2 aromatic carbocycles. The molecule has 35 heavy (non-hydrogen) atoms. The molecule has 3 aromatic rings. The van der Waals surface area contributed by atoms with Crippen LogP contribution in [0, 0.1) is 0 Å². The number of halogens is 1. The number of ether oxygens (including phenoxy) is 1. The summed E-state index contributed by atoms with van der Waals surface area (Å²) in [4.78, 5) is 27.8. The first-order valence-corrected chi connectivity index (χ1v) is 12.1. The number of benzene rings is 2. The molecule has 0 atom stereocenters. The Morgan fingerprint density at radius 2 is 1.74 bits per heavy atom. The largest absolute Gasteiger partial charge is 0.497 e. The predicted octanol–water partition coefficient (Wildman–Crippen LogP) is 5.71. The highest BCUT2D eigenvalue weighted by atomic mass is 35.5. The van der Waals surface area contributed by atoms with Crippen LogP contribution in [0.25, 0.3) is 5.69 Å². The summed E-state index contributed by atoms with van der Waals surface area (Å²) in [6, 6.07) is 16.0. The number of carbonyl (C=O) groups is 2. The topological polar surface area (TPSA) is 76.5 Å². The number of nitrogens with one attached hydrogen (secondary N) is 1. The molecule has 1 heterocycles. The van der Waals surface area contributed by atoms with E-state index in [0.717, 1.165) is 30.0 Å². The summed E-state index contributed by atoms with van der Waals surface area (Å²) in [6.07, 6.45) is 1.70. The Kier molecular flexibility index (Phi) is 8.57. The van der Waals surface area contributed by atoms with Crippen LogP contribution < -0.4 is 10.1 Å². The molecule has 0 fully saturated rings. The van der Waals surface area contributed by atoms with Crippen molar-refractivity contribution in [3.8, 4) is 11.4 Å². The SMILES string of the molecule is CCCCN(CC(=O)Nc1cc(C(C)(C)C)nn1-c1ccc(OC)cc1)C(=O)c1ccc(Cl)cc1. The Labute approximate surface area is 212 Å². The number of aromatic nitrogens is 2. The van der Waals surface area contributed by atoms with Gasteiger partial charge in [-0.3, -0.25) is 9.59 Å². The maximum absolute atomic E-state index is 13.1. The van der Waals surface area contributed by atoms with E-state index in [4.69, 9.17) is 21.4 Å². The van der Waals surface area contributed by atoms with Gasteiger partial charge in [0, 0.05) is 28.6 Å². The summed E-state index contributed by atoms with van der Waals surface area (Å²) in [6.45, 7) is 8.66. The quantitative estimate of drug-likeness (QED) is 0.411. The van der Waals surface area contributed by atoms with Crippen molar-refractivity contribution in [1.82, 2.24) is 14.7 Å². The summed E-state index contributed by atoms with van der Waals surface area (Å²) < 4.78 is 6.96. The highest BCUT2D eigenvalue weighted by molar-refractivity contribution is 6.30. The number of rotatable bonds is 9. The maximum atomic E-state index is 13.1. The lowest BCUT2D eigenvalue weighted by Gasteiger charge is -2.22. The average molecular weight is 497 g/mol. The maximum Gasteiger partial charge on any atom is 0.254 e. The Morgan fingerprint density at radius 1 is 1.09 bits per heavy atom. The van der Waals surface area contributed by atoms with Crippen LogP contribution in [-0.4, -0.2) is 46.7 Å². The minimum absolute atomic E-state index is 0.0693. The summed E-state index contributed by atoms with van der Waals surface area (Å²) >= 11 is 5.97. The summed E-state index contributed by atoms with van der Waals surface area (Å²) in [7, 11) is 1.61. The van der Waals surface area contributed by atoms with E-state index in [9.17, 15) is 9.59 Å². The Hall–Kier alpha value is -3.32. The third-order valence-corrected chi connectivity index (χ3v) is 5.81. The standard InChI is InChI=1S/C27H33ClN4O3/c1-6-7-16-31(26(34)19-8-10-20(28)11-9-19)18-25(33)29-24-17-23(27(2,3)4)30-32(24)21-12-14-22(35-5)15-13-21/h8-15,17H,6-7,16,18H2,1-5H3,(H,29,33). The summed E-state index contributed by atoms with van der Waals surface area (Å²) in [5.74, 6) is 0.775. The molecule has 0 saturated carbocycles. The van der Waals surface area contributed by atoms with Crippen molar-refractivity contribution in [1.29, 1.82) is 0 Å². The van der Waals surface area contributed by atoms with Crippen molar-refractivity contribution in [2.24, 2.45) is 0 Å². The number of hydrogen-bond acceptors (Lipinski definition) is 4. The molecule has 7 nitrogen and oxygen atoms in total. The molecule has 0 aliphatic rings. The molecule has 0 aliphatic carbocycles. The fourth-order valence-electron chi connectivity index (χ4n) is 3.49. The van der Waals surface area contributed by atoms with Crippen LogP contribution in [0.15, 0.2) is 54.6 Å². The third kappa shape index (κ3) is 6.85. The van der Waals surface area contributed by atoms with Crippen molar-refractivity contribution in [2.45, 2.75) is 46.0 Å². The molecule has 0 saturated heterocycles. The average Bonchev–Trinajstić information content (AvgIpc) is 3.26. The third-order valence-electron chi connectivity index (χ3n) is 5.56. The van der Waals surface area contributed by atoms with Crippen molar-refractivity contribution < 1.29 is 14.3 Å². The fourth-order valence-corrected chi connectivity index (χ4v) is 3.62. The number of carbonyl (C=O) groups excluding carboxylic acids is 2. The van der Waals surface area contributed by atoms with Gasteiger partial charge in [-0.25, -0.2) is 4.68 Å². The Morgan fingerprint density at radius 3 is 2.31 bits per heavy atom. The van der Waals surface area contributed by atoms with Gasteiger partial charge in [0.25, 0.3) is 5.91 Å². The molecule has 8 heteroatoms. The molecule has 0 spiro atoms. The van der Waals surface area contributed by atoms with E-state index in [1.54, 1.807) is 41.0 Å². The summed E-state index contributed by atoms with van der Waals surface area (Å²) in [5.41, 5.74) is 1.91. The second kappa shape index (κ2) is 11.4. The van der Waals surface area contributed by atoms with Gasteiger partial charge in [0.2, 0.25) is 5.91 Å². The van der Waals surface area contributed by atoms with Crippen molar-refractivity contribution in [3.63, 3.8) is 0 Å². The monoisotopic (exact) mass is 496 g/mol. The molecule has 0 unspecified atom stereocenters. The lowest BCUT2D eigenvalue weighted by atomic mass is 9.92. The molecular formula is C27H33ClN4O3. The lowest BCUT2D eigenvalue weighted by molar-refractivity contribution is -0.117. The van der Waals surface area contributed by atoms with Gasteiger partial charge < -0.3 is 15.0 Å². The second-order valence-corrected chi connectivity index (χ2v) is 9.85.